The van der Waals surface area contributed by atoms with E-state index in [1.54, 1.807) is 24.0 Å². The Balaban J connectivity index is 2.17. The van der Waals surface area contributed by atoms with Crippen LogP contribution in [0.15, 0.2) is 24.4 Å². The van der Waals surface area contributed by atoms with Crippen LogP contribution in [0.25, 0.3) is 0 Å². The molecule has 2 aromatic rings. The van der Waals surface area contributed by atoms with Crippen LogP contribution in [0.3, 0.4) is 0 Å². The van der Waals surface area contributed by atoms with Gasteiger partial charge in [-0.1, -0.05) is 22.9 Å². The fourth-order valence-electron chi connectivity index (χ4n) is 1.81. The number of aromatic nitrogens is 3. The highest BCUT2D eigenvalue weighted by molar-refractivity contribution is 6.30. The Hall–Kier alpha value is -1.39. The molecule has 1 aromatic carbocycles. The van der Waals surface area contributed by atoms with Crippen molar-refractivity contribution >= 4 is 11.6 Å². The summed E-state index contributed by atoms with van der Waals surface area (Å²) < 4.78 is 1.62. The number of aliphatic hydroxyl groups excluding tert-OH is 1. The van der Waals surface area contributed by atoms with E-state index in [0.717, 1.165) is 16.8 Å². The van der Waals surface area contributed by atoms with E-state index in [2.05, 4.69) is 10.3 Å². The Kier molecular flexibility index (Phi) is 3.45. The van der Waals surface area contributed by atoms with Crippen molar-refractivity contribution < 1.29 is 5.11 Å². The van der Waals surface area contributed by atoms with Crippen LogP contribution < -0.4 is 0 Å². The number of halogens is 1. The van der Waals surface area contributed by atoms with Crippen LogP contribution in [0.2, 0.25) is 5.02 Å². The highest BCUT2D eigenvalue weighted by Gasteiger charge is 2.13. The van der Waals surface area contributed by atoms with Gasteiger partial charge in [-0.25, -0.2) is 0 Å². The zero-order chi connectivity index (χ0) is 12.4. The van der Waals surface area contributed by atoms with Gasteiger partial charge in [-0.3, -0.25) is 4.68 Å². The molecule has 2 rings (SSSR count). The van der Waals surface area contributed by atoms with Crippen molar-refractivity contribution in [2.24, 2.45) is 7.05 Å². The first-order valence-electron chi connectivity index (χ1n) is 5.35. The Morgan fingerprint density at radius 1 is 1.47 bits per heavy atom. The summed E-state index contributed by atoms with van der Waals surface area (Å²) >= 11 is 5.88. The average Bonchev–Trinajstić information content (AvgIpc) is 2.63. The van der Waals surface area contributed by atoms with E-state index in [1.807, 2.05) is 19.1 Å². The van der Waals surface area contributed by atoms with Crippen molar-refractivity contribution in [3.05, 3.63) is 46.2 Å². The van der Waals surface area contributed by atoms with Crippen molar-refractivity contribution in [3.63, 3.8) is 0 Å². The van der Waals surface area contributed by atoms with Gasteiger partial charge < -0.3 is 5.11 Å². The Morgan fingerprint density at radius 2 is 2.24 bits per heavy atom. The van der Waals surface area contributed by atoms with Gasteiger partial charge in [0, 0.05) is 24.7 Å². The second-order valence-corrected chi connectivity index (χ2v) is 4.54. The largest absolute Gasteiger partial charge is 0.388 e. The Morgan fingerprint density at radius 3 is 2.82 bits per heavy atom. The lowest BCUT2D eigenvalue weighted by molar-refractivity contribution is 0.176. The molecule has 1 aromatic heterocycles. The first-order valence-corrected chi connectivity index (χ1v) is 5.73. The van der Waals surface area contributed by atoms with E-state index in [0.29, 0.717) is 11.4 Å². The van der Waals surface area contributed by atoms with Gasteiger partial charge >= 0.3 is 0 Å². The molecule has 1 N–H and O–H groups in total. The van der Waals surface area contributed by atoms with Gasteiger partial charge in [-0.15, -0.1) is 5.10 Å². The molecule has 0 radical (unpaired) electrons. The highest BCUT2D eigenvalue weighted by atomic mass is 35.5. The maximum atomic E-state index is 10.1. The van der Waals surface area contributed by atoms with Crippen LogP contribution in [-0.4, -0.2) is 20.1 Å². The number of aliphatic hydroxyl groups is 1. The van der Waals surface area contributed by atoms with Crippen molar-refractivity contribution in [3.8, 4) is 0 Å². The summed E-state index contributed by atoms with van der Waals surface area (Å²) in [5, 5.41) is 18.6. The van der Waals surface area contributed by atoms with E-state index >= 15 is 0 Å². The Bertz CT molecular complexity index is 524. The zero-order valence-electron chi connectivity index (χ0n) is 9.76. The van der Waals surface area contributed by atoms with E-state index in [1.165, 1.54) is 0 Å². The van der Waals surface area contributed by atoms with Gasteiger partial charge in [-0.2, -0.15) is 0 Å². The van der Waals surface area contributed by atoms with Crippen molar-refractivity contribution in [1.29, 1.82) is 0 Å². The van der Waals surface area contributed by atoms with Crippen LogP contribution in [0.5, 0.6) is 0 Å². The van der Waals surface area contributed by atoms with Gasteiger partial charge in [0.25, 0.3) is 0 Å². The summed E-state index contributed by atoms with van der Waals surface area (Å²) in [5.74, 6) is 0. The summed E-state index contributed by atoms with van der Waals surface area (Å²) in [5.41, 5.74) is 2.63. The smallest absolute Gasteiger partial charge is 0.0856 e. The second kappa shape index (κ2) is 4.85. The van der Waals surface area contributed by atoms with Crippen LogP contribution in [0.4, 0.5) is 0 Å². The number of hydrogen-bond donors (Lipinski definition) is 1. The van der Waals surface area contributed by atoms with Crippen molar-refractivity contribution in [2.75, 3.05) is 0 Å². The predicted octanol–water partition coefficient (Wildman–Crippen LogP) is 2.05. The molecular formula is C12H14ClN3O. The molecule has 90 valence electrons. The van der Waals surface area contributed by atoms with Crippen molar-refractivity contribution in [1.82, 2.24) is 15.0 Å². The van der Waals surface area contributed by atoms with Gasteiger partial charge in [0.1, 0.15) is 0 Å². The summed E-state index contributed by atoms with van der Waals surface area (Å²) in [6.45, 7) is 1.93. The Labute approximate surface area is 105 Å². The van der Waals surface area contributed by atoms with E-state index in [9.17, 15) is 5.11 Å². The first kappa shape index (κ1) is 12.1. The van der Waals surface area contributed by atoms with Gasteiger partial charge in [0.2, 0.25) is 0 Å². The molecule has 0 aliphatic heterocycles. The first-order chi connectivity index (χ1) is 8.06. The SMILES string of the molecule is Cc1cc(Cl)ccc1C(O)Cc1cn(C)nn1. The van der Waals surface area contributed by atoms with Crippen LogP contribution in [0.1, 0.15) is 22.9 Å². The predicted molar refractivity (Wildman–Crippen MR) is 65.9 cm³/mol. The zero-order valence-corrected chi connectivity index (χ0v) is 10.5. The normalized spacial score (nSPS) is 12.7. The summed E-state index contributed by atoms with van der Waals surface area (Å²) in [6.07, 6.45) is 1.68. The molecule has 0 fully saturated rings. The number of rotatable bonds is 3. The number of nitrogens with zero attached hydrogens (tertiary/aromatic N) is 3. The van der Waals surface area contributed by atoms with Crippen molar-refractivity contribution in [2.45, 2.75) is 19.4 Å². The highest BCUT2D eigenvalue weighted by Crippen LogP contribution is 2.23. The molecule has 1 atom stereocenters. The molecule has 0 amide bonds. The second-order valence-electron chi connectivity index (χ2n) is 4.10. The third kappa shape index (κ3) is 2.84. The summed E-state index contributed by atoms with van der Waals surface area (Å²) in [7, 11) is 1.80. The topological polar surface area (TPSA) is 50.9 Å². The minimum atomic E-state index is -0.580. The lowest BCUT2D eigenvalue weighted by Gasteiger charge is -2.12. The minimum absolute atomic E-state index is 0.455. The van der Waals surface area contributed by atoms with Crippen LogP contribution in [-0.2, 0) is 13.5 Å². The molecule has 0 saturated carbocycles. The monoisotopic (exact) mass is 251 g/mol. The number of benzene rings is 1. The molecule has 0 saturated heterocycles. The summed E-state index contributed by atoms with van der Waals surface area (Å²) in [4.78, 5) is 0. The molecule has 17 heavy (non-hydrogen) atoms. The van der Waals surface area contributed by atoms with Gasteiger partial charge in [-0.05, 0) is 30.2 Å². The third-order valence-electron chi connectivity index (χ3n) is 2.64. The molecule has 5 heteroatoms. The average molecular weight is 252 g/mol. The maximum absolute atomic E-state index is 10.1. The number of hydrogen-bond acceptors (Lipinski definition) is 3. The van der Waals surface area contributed by atoms with E-state index < -0.39 is 6.10 Å². The lowest BCUT2D eigenvalue weighted by Crippen LogP contribution is -2.04. The number of aryl methyl sites for hydroxylation is 2. The molecule has 0 aliphatic rings. The van der Waals surface area contributed by atoms with E-state index in [-0.39, 0.29) is 0 Å². The fraction of sp³-hybridized carbons (Fsp3) is 0.333. The van der Waals surface area contributed by atoms with Crippen LogP contribution in [0, 0.1) is 6.92 Å². The maximum Gasteiger partial charge on any atom is 0.0856 e. The lowest BCUT2D eigenvalue weighted by atomic mass is 10.0. The molecule has 1 heterocycles. The van der Waals surface area contributed by atoms with Gasteiger partial charge in [0.15, 0.2) is 0 Å². The summed E-state index contributed by atoms with van der Waals surface area (Å²) in [6, 6.07) is 5.47. The molecule has 4 nitrogen and oxygen atoms in total. The molecule has 0 bridgehead atoms. The molecule has 1 unspecified atom stereocenters. The van der Waals surface area contributed by atoms with E-state index in [4.69, 9.17) is 11.6 Å². The third-order valence-corrected chi connectivity index (χ3v) is 2.88. The molecule has 0 aliphatic carbocycles. The van der Waals surface area contributed by atoms with Crippen LogP contribution >= 0.6 is 11.6 Å². The molecule has 0 spiro atoms. The fourth-order valence-corrected chi connectivity index (χ4v) is 2.04. The standard InChI is InChI=1S/C12H14ClN3O/c1-8-5-9(13)3-4-11(8)12(17)6-10-7-16(2)15-14-10/h3-5,7,12,17H,6H2,1-2H3. The molecular weight excluding hydrogens is 238 g/mol. The quantitative estimate of drug-likeness (QED) is 0.908. The van der Waals surface area contributed by atoms with Gasteiger partial charge in [0.05, 0.1) is 11.8 Å². The minimum Gasteiger partial charge on any atom is -0.388 e.